The summed E-state index contributed by atoms with van der Waals surface area (Å²) in [6.07, 6.45) is 0.777. The third-order valence-corrected chi connectivity index (χ3v) is 4.57. The second kappa shape index (κ2) is 6.95. The number of aromatic nitrogens is 2. The van der Waals surface area contributed by atoms with Crippen molar-refractivity contribution in [2.24, 2.45) is 5.73 Å². The number of carbonyl (C=O) groups is 1. The number of hydrogen-bond acceptors (Lipinski definition) is 6. The molecule has 0 aliphatic rings. The molecule has 0 fully saturated rings. The summed E-state index contributed by atoms with van der Waals surface area (Å²) in [7, 11) is 1.56. The van der Waals surface area contributed by atoms with Crippen LogP contribution in [0.25, 0.3) is 10.6 Å². The van der Waals surface area contributed by atoms with Gasteiger partial charge in [0.05, 0.1) is 0 Å². The number of aryl methyl sites for hydroxylation is 1. The first-order valence-corrected chi connectivity index (χ1v) is 8.02. The van der Waals surface area contributed by atoms with E-state index in [1.165, 1.54) is 16.2 Å². The summed E-state index contributed by atoms with van der Waals surface area (Å²) in [5, 5.41) is 7.66. The first-order valence-electron chi connectivity index (χ1n) is 6.39. The maximum atomic E-state index is 11.9. The van der Waals surface area contributed by atoms with E-state index in [0.717, 1.165) is 16.1 Å². The number of amides is 1. The standard InChI is InChI=1S/C13H15N5OS3/c1-18(12(15)20)9(19)6-5-7-3-2-4-8(10(7)14)11-16-17-13(21)22-11/h2-4H,5-6,14H2,1H3,(H2,15,20)(H,17,21). The average molecular weight is 353 g/mol. The molecule has 0 saturated carbocycles. The fourth-order valence-electron chi connectivity index (χ4n) is 1.89. The monoisotopic (exact) mass is 353 g/mol. The van der Waals surface area contributed by atoms with Gasteiger partial charge < -0.3 is 11.5 Å². The van der Waals surface area contributed by atoms with Crippen LogP contribution in [0.2, 0.25) is 0 Å². The molecular formula is C13H15N5OS3. The molecule has 0 spiro atoms. The SMILES string of the molecule is CN(C(=O)CCc1cccc(-c2n[nH]c(=S)s2)c1N)C(N)=S. The van der Waals surface area contributed by atoms with Crippen molar-refractivity contribution in [3.63, 3.8) is 0 Å². The molecule has 0 unspecified atom stereocenters. The quantitative estimate of drug-likeness (QED) is 0.575. The topological polar surface area (TPSA) is 101 Å². The highest BCUT2D eigenvalue weighted by atomic mass is 32.1. The molecule has 1 aromatic heterocycles. The van der Waals surface area contributed by atoms with Gasteiger partial charge in [0.15, 0.2) is 9.07 Å². The molecule has 1 aromatic carbocycles. The Bertz CT molecular complexity index is 767. The Morgan fingerprint density at radius 2 is 2.23 bits per heavy atom. The fraction of sp³-hybridized carbons (Fsp3) is 0.231. The van der Waals surface area contributed by atoms with E-state index in [9.17, 15) is 4.79 Å². The van der Waals surface area contributed by atoms with Crippen LogP contribution >= 0.6 is 35.8 Å². The predicted molar refractivity (Wildman–Crippen MR) is 95.0 cm³/mol. The lowest BCUT2D eigenvalue weighted by Gasteiger charge is -2.15. The zero-order valence-corrected chi connectivity index (χ0v) is 14.3. The van der Waals surface area contributed by atoms with Crippen molar-refractivity contribution < 1.29 is 4.79 Å². The maximum absolute atomic E-state index is 11.9. The van der Waals surface area contributed by atoms with E-state index in [2.05, 4.69) is 10.2 Å². The lowest BCUT2D eigenvalue weighted by Crippen LogP contribution is -2.37. The third-order valence-electron chi connectivity index (χ3n) is 3.18. The number of nitrogens with zero attached hydrogens (tertiary/aromatic N) is 2. The Hall–Kier alpha value is -1.84. The van der Waals surface area contributed by atoms with Gasteiger partial charge >= 0.3 is 0 Å². The number of anilines is 1. The minimum atomic E-state index is -0.146. The number of thiocarbonyl (C=S) groups is 1. The van der Waals surface area contributed by atoms with Crippen molar-refractivity contribution in [2.45, 2.75) is 12.8 Å². The van der Waals surface area contributed by atoms with Crippen LogP contribution in [-0.4, -0.2) is 33.2 Å². The summed E-state index contributed by atoms with van der Waals surface area (Å²) in [5.74, 6) is -0.146. The molecule has 0 atom stereocenters. The van der Waals surface area contributed by atoms with Crippen LogP contribution in [0.1, 0.15) is 12.0 Å². The van der Waals surface area contributed by atoms with Crippen LogP contribution in [0.5, 0.6) is 0 Å². The van der Waals surface area contributed by atoms with Crippen LogP contribution < -0.4 is 11.5 Å². The Morgan fingerprint density at radius 1 is 1.50 bits per heavy atom. The Kier molecular flexibility index (Phi) is 5.22. The molecule has 2 rings (SSSR count). The van der Waals surface area contributed by atoms with Crippen molar-refractivity contribution >= 4 is 52.5 Å². The van der Waals surface area contributed by atoms with Crippen LogP contribution in [0.15, 0.2) is 18.2 Å². The molecule has 0 aliphatic carbocycles. The number of rotatable bonds is 4. The first-order chi connectivity index (χ1) is 10.4. The van der Waals surface area contributed by atoms with Gasteiger partial charge in [0.2, 0.25) is 5.91 Å². The Balaban J connectivity index is 2.18. The second-order valence-corrected chi connectivity index (χ2v) is 6.67. The molecule has 22 heavy (non-hydrogen) atoms. The molecule has 2 aromatic rings. The molecule has 5 N–H and O–H groups in total. The van der Waals surface area contributed by atoms with Crippen molar-refractivity contribution in [3.05, 3.63) is 27.7 Å². The molecular weight excluding hydrogens is 338 g/mol. The van der Waals surface area contributed by atoms with E-state index < -0.39 is 0 Å². The summed E-state index contributed by atoms with van der Waals surface area (Å²) in [5.41, 5.74) is 13.9. The highest BCUT2D eigenvalue weighted by Gasteiger charge is 2.14. The summed E-state index contributed by atoms with van der Waals surface area (Å²) in [6.45, 7) is 0. The number of nitrogens with two attached hydrogens (primary N) is 2. The fourth-order valence-corrected chi connectivity index (χ4v) is 2.93. The number of nitrogen functional groups attached to an aromatic ring is 1. The number of nitrogens with one attached hydrogen (secondary N) is 1. The predicted octanol–water partition coefficient (Wildman–Crippen LogP) is 2.08. The minimum absolute atomic E-state index is 0.0584. The van der Waals surface area contributed by atoms with E-state index >= 15 is 0 Å². The molecule has 1 heterocycles. The van der Waals surface area contributed by atoms with Crippen molar-refractivity contribution in [2.75, 3.05) is 12.8 Å². The van der Waals surface area contributed by atoms with Gasteiger partial charge in [-0.3, -0.25) is 14.8 Å². The largest absolute Gasteiger partial charge is 0.398 e. The maximum Gasteiger partial charge on any atom is 0.228 e. The van der Waals surface area contributed by atoms with Gasteiger partial charge in [0, 0.05) is 24.7 Å². The van der Waals surface area contributed by atoms with Gasteiger partial charge in [-0.15, -0.1) is 0 Å². The summed E-state index contributed by atoms with van der Waals surface area (Å²) >= 11 is 11.2. The molecule has 0 radical (unpaired) electrons. The van der Waals surface area contributed by atoms with E-state index in [4.69, 9.17) is 35.9 Å². The number of para-hydroxylation sites is 1. The molecule has 116 valence electrons. The number of benzene rings is 1. The van der Waals surface area contributed by atoms with Crippen LogP contribution in [-0.2, 0) is 11.2 Å². The zero-order valence-electron chi connectivity index (χ0n) is 11.8. The minimum Gasteiger partial charge on any atom is -0.398 e. The normalized spacial score (nSPS) is 10.4. The number of aromatic amines is 1. The van der Waals surface area contributed by atoms with E-state index in [0.29, 0.717) is 16.1 Å². The zero-order chi connectivity index (χ0) is 16.3. The molecule has 0 saturated heterocycles. The van der Waals surface area contributed by atoms with Crippen LogP contribution in [0, 0.1) is 3.95 Å². The number of H-pyrrole nitrogens is 1. The van der Waals surface area contributed by atoms with Gasteiger partial charge in [-0.1, -0.05) is 23.5 Å². The third kappa shape index (κ3) is 3.67. The molecule has 6 nitrogen and oxygen atoms in total. The first kappa shape index (κ1) is 16.5. The number of carbonyl (C=O) groups excluding carboxylic acids is 1. The van der Waals surface area contributed by atoms with Crippen molar-refractivity contribution in [1.29, 1.82) is 0 Å². The summed E-state index contributed by atoms with van der Waals surface area (Å²) in [4.78, 5) is 13.2. The molecule has 0 aliphatic heterocycles. The van der Waals surface area contributed by atoms with E-state index in [1.54, 1.807) is 7.05 Å². The lowest BCUT2D eigenvalue weighted by molar-refractivity contribution is -0.126. The Morgan fingerprint density at radius 3 is 2.82 bits per heavy atom. The smallest absolute Gasteiger partial charge is 0.228 e. The van der Waals surface area contributed by atoms with E-state index in [1.807, 2.05) is 18.2 Å². The summed E-state index contributed by atoms with van der Waals surface area (Å²) in [6, 6.07) is 5.65. The van der Waals surface area contributed by atoms with Crippen molar-refractivity contribution in [1.82, 2.24) is 15.1 Å². The van der Waals surface area contributed by atoms with Crippen LogP contribution in [0.3, 0.4) is 0 Å². The second-order valence-electron chi connectivity index (χ2n) is 4.59. The van der Waals surface area contributed by atoms with E-state index in [-0.39, 0.29) is 17.4 Å². The average Bonchev–Trinajstić information content (AvgIpc) is 2.91. The van der Waals surface area contributed by atoms with Gasteiger partial charge in [-0.2, -0.15) is 5.10 Å². The Labute approximate surface area is 142 Å². The van der Waals surface area contributed by atoms with Gasteiger partial charge in [-0.25, -0.2) is 0 Å². The van der Waals surface area contributed by atoms with Crippen LogP contribution in [0.4, 0.5) is 5.69 Å². The number of hydrogen-bond donors (Lipinski definition) is 3. The van der Waals surface area contributed by atoms with Gasteiger partial charge in [0.25, 0.3) is 0 Å². The lowest BCUT2D eigenvalue weighted by atomic mass is 10.0. The van der Waals surface area contributed by atoms with Gasteiger partial charge in [-0.05, 0) is 42.5 Å². The highest BCUT2D eigenvalue weighted by Crippen LogP contribution is 2.30. The molecule has 9 heteroatoms. The molecule has 0 bridgehead atoms. The van der Waals surface area contributed by atoms with Crippen molar-refractivity contribution in [3.8, 4) is 10.6 Å². The summed E-state index contributed by atoms with van der Waals surface area (Å²) < 4.78 is 0.591. The molecule has 1 amide bonds. The van der Waals surface area contributed by atoms with Gasteiger partial charge in [0.1, 0.15) is 5.01 Å². The highest BCUT2D eigenvalue weighted by molar-refractivity contribution is 7.80.